The summed E-state index contributed by atoms with van der Waals surface area (Å²) in [6, 6.07) is 23.3. The summed E-state index contributed by atoms with van der Waals surface area (Å²) in [5.41, 5.74) is 4.49. The fourth-order valence-electron chi connectivity index (χ4n) is 3.65. The first-order valence-corrected chi connectivity index (χ1v) is 10.3. The summed E-state index contributed by atoms with van der Waals surface area (Å²) in [5.74, 6) is 1.23. The van der Waals surface area contributed by atoms with E-state index >= 15 is 0 Å². The zero-order chi connectivity index (χ0) is 22.8. The molecule has 0 fully saturated rings. The number of anilines is 3. The highest BCUT2D eigenvalue weighted by atomic mass is 16.5. The second-order valence-electron chi connectivity index (χ2n) is 7.72. The second kappa shape index (κ2) is 8.55. The summed E-state index contributed by atoms with van der Waals surface area (Å²) in [5, 5.41) is 31.1. The van der Waals surface area contributed by atoms with E-state index in [1.165, 1.54) is 0 Å². The molecule has 32 heavy (non-hydrogen) atoms. The molecule has 4 rings (SSSR count). The van der Waals surface area contributed by atoms with Gasteiger partial charge in [-0.2, -0.15) is 0 Å². The molecule has 0 bridgehead atoms. The Balaban J connectivity index is 1.94. The molecule has 162 valence electrons. The van der Waals surface area contributed by atoms with Crippen LogP contribution >= 0.6 is 0 Å². The van der Waals surface area contributed by atoms with Gasteiger partial charge in [0.1, 0.15) is 11.5 Å². The summed E-state index contributed by atoms with van der Waals surface area (Å²) in [7, 11) is 0. The predicted octanol–water partition coefficient (Wildman–Crippen LogP) is 6.99. The van der Waals surface area contributed by atoms with Gasteiger partial charge in [-0.1, -0.05) is 30.3 Å². The number of phenols is 3. The van der Waals surface area contributed by atoms with E-state index in [9.17, 15) is 15.3 Å². The molecule has 5 nitrogen and oxygen atoms in total. The third-order valence-corrected chi connectivity index (χ3v) is 5.48. The summed E-state index contributed by atoms with van der Waals surface area (Å²) in [6.45, 7) is 5.61. The molecule has 5 heteroatoms. The number of hydrogen-bond donors (Lipinski definition) is 3. The van der Waals surface area contributed by atoms with Crippen molar-refractivity contribution < 1.29 is 20.1 Å². The Bertz CT molecular complexity index is 1230. The van der Waals surface area contributed by atoms with Crippen molar-refractivity contribution in [2.24, 2.45) is 0 Å². The Kier molecular flexibility index (Phi) is 5.65. The molecule has 0 aliphatic carbocycles. The molecule has 0 heterocycles. The van der Waals surface area contributed by atoms with E-state index in [0.717, 1.165) is 16.9 Å². The van der Waals surface area contributed by atoms with E-state index in [4.69, 9.17) is 4.74 Å². The van der Waals surface area contributed by atoms with E-state index < -0.39 is 0 Å². The highest BCUT2D eigenvalue weighted by Gasteiger charge is 2.22. The SMILES string of the molecule is Cc1ccc(O)c(Oc2ccccc2N(c2cccc(O)c2C)c2cccc(O)c2C)c1. The molecule has 0 saturated carbocycles. The van der Waals surface area contributed by atoms with Gasteiger partial charge in [-0.05, 0) is 74.9 Å². The molecule has 0 aliphatic heterocycles. The third-order valence-electron chi connectivity index (χ3n) is 5.48. The van der Waals surface area contributed by atoms with Crippen molar-refractivity contribution in [2.75, 3.05) is 4.90 Å². The molecule has 0 aromatic heterocycles. The first-order valence-electron chi connectivity index (χ1n) is 10.3. The molecule has 0 aliphatic rings. The molecule has 0 saturated heterocycles. The summed E-state index contributed by atoms with van der Waals surface area (Å²) < 4.78 is 6.17. The smallest absolute Gasteiger partial charge is 0.169 e. The van der Waals surface area contributed by atoms with E-state index in [0.29, 0.717) is 28.3 Å². The van der Waals surface area contributed by atoms with Crippen LogP contribution < -0.4 is 9.64 Å². The number of hydrogen-bond acceptors (Lipinski definition) is 5. The minimum atomic E-state index is 0.0408. The Morgan fingerprint density at radius 1 is 0.562 bits per heavy atom. The van der Waals surface area contributed by atoms with Gasteiger partial charge >= 0.3 is 0 Å². The number of phenolic OH excluding ortho intramolecular Hbond substituents is 3. The van der Waals surface area contributed by atoms with Crippen LogP contribution in [0, 0.1) is 20.8 Å². The van der Waals surface area contributed by atoms with Gasteiger partial charge in [-0.3, -0.25) is 0 Å². The van der Waals surface area contributed by atoms with Crippen molar-refractivity contribution in [3.05, 3.63) is 95.6 Å². The van der Waals surface area contributed by atoms with Crippen LogP contribution in [-0.2, 0) is 0 Å². The number of nitrogens with zero attached hydrogens (tertiary/aromatic N) is 1. The Hall–Kier alpha value is -4.12. The van der Waals surface area contributed by atoms with Crippen LogP contribution in [0.2, 0.25) is 0 Å². The molecule has 0 radical (unpaired) electrons. The first kappa shape index (κ1) is 21.1. The van der Waals surface area contributed by atoms with Crippen molar-refractivity contribution in [1.29, 1.82) is 0 Å². The highest BCUT2D eigenvalue weighted by molar-refractivity contribution is 5.84. The summed E-state index contributed by atoms with van der Waals surface area (Å²) >= 11 is 0. The van der Waals surface area contributed by atoms with Crippen LogP contribution in [0.5, 0.6) is 28.7 Å². The Labute approximate surface area is 187 Å². The highest BCUT2D eigenvalue weighted by Crippen LogP contribution is 2.46. The van der Waals surface area contributed by atoms with Crippen molar-refractivity contribution in [3.63, 3.8) is 0 Å². The molecule has 0 amide bonds. The minimum absolute atomic E-state index is 0.0408. The lowest BCUT2D eigenvalue weighted by Gasteiger charge is -2.30. The largest absolute Gasteiger partial charge is 0.508 e. The second-order valence-corrected chi connectivity index (χ2v) is 7.72. The average Bonchev–Trinajstić information content (AvgIpc) is 2.78. The molecule has 0 unspecified atom stereocenters. The molecular weight excluding hydrogens is 402 g/mol. The number of rotatable bonds is 5. The van der Waals surface area contributed by atoms with Crippen LogP contribution in [0.3, 0.4) is 0 Å². The van der Waals surface area contributed by atoms with Gasteiger partial charge in [0.05, 0.1) is 17.1 Å². The van der Waals surface area contributed by atoms with Gasteiger partial charge in [0.15, 0.2) is 17.2 Å². The molecule has 0 spiro atoms. The van der Waals surface area contributed by atoms with Crippen LogP contribution in [0.4, 0.5) is 17.1 Å². The lowest BCUT2D eigenvalue weighted by Crippen LogP contribution is -2.13. The first-order chi connectivity index (χ1) is 15.4. The molecular formula is C27H25NO4. The molecule has 4 aromatic rings. The topological polar surface area (TPSA) is 73.2 Å². The van der Waals surface area contributed by atoms with Crippen LogP contribution in [0.1, 0.15) is 16.7 Å². The van der Waals surface area contributed by atoms with Crippen molar-refractivity contribution >= 4 is 17.1 Å². The normalized spacial score (nSPS) is 10.7. The van der Waals surface area contributed by atoms with Crippen molar-refractivity contribution in [2.45, 2.75) is 20.8 Å². The monoisotopic (exact) mass is 427 g/mol. The van der Waals surface area contributed by atoms with E-state index in [1.807, 2.05) is 68.1 Å². The fraction of sp³-hybridized carbons (Fsp3) is 0.111. The van der Waals surface area contributed by atoms with Gasteiger partial charge in [0.25, 0.3) is 0 Å². The summed E-state index contributed by atoms with van der Waals surface area (Å²) in [4.78, 5) is 1.94. The molecule has 3 N–H and O–H groups in total. The maximum atomic E-state index is 10.4. The fourth-order valence-corrected chi connectivity index (χ4v) is 3.65. The van der Waals surface area contributed by atoms with E-state index in [-0.39, 0.29) is 17.2 Å². The third kappa shape index (κ3) is 3.93. The van der Waals surface area contributed by atoms with Gasteiger partial charge in [-0.25, -0.2) is 0 Å². The molecule has 4 aromatic carbocycles. The average molecular weight is 428 g/mol. The lowest BCUT2D eigenvalue weighted by atomic mass is 10.1. The van der Waals surface area contributed by atoms with Crippen LogP contribution in [0.15, 0.2) is 78.9 Å². The molecule has 0 atom stereocenters. The number of benzene rings is 4. The Morgan fingerprint density at radius 2 is 1.12 bits per heavy atom. The van der Waals surface area contributed by atoms with Crippen LogP contribution in [0.25, 0.3) is 0 Å². The van der Waals surface area contributed by atoms with Gasteiger partial charge in [0, 0.05) is 11.1 Å². The quantitative estimate of drug-likeness (QED) is 0.320. The zero-order valence-electron chi connectivity index (χ0n) is 18.2. The maximum Gasteiger partial charge on any atom is 0.169 e. The van der Waals surface area contributed by atoms with E-state index in [1.54, 1.807) is 36.4 Å². The summed E-state index contributed by atoms with van der Waals surface area (Å²) in [6.07, 6.45) is 0. The number of aryl methyl sites for hydroxylation is 1. The van der Waals surface area contributed by atoms with E-state index in [2.05, 4.69) is 0 Å². The van der Waals surface area contributed by atoms with Gasteiger partial charge < -0.3 is 25.0 Å². The van der Waals surface area contributed by atoms with Crippen molar-refractivity contribution in [3.8, 4) is 28.7 Å². The number of ether oxygens (including phenoxy) is 1. The standard InChI is InChI=1S/C27H25NO4/c1-17-14-15-25(31)27(16-17)32-26-13-5-4-8-22(26)28(20-9-6-11-23(29)18(20)2)21-10-7-12-24(30)19(21)3/h4-16,29-31H,1-3H3. The van der Waals surface area contributed by atoms with Gasteiger partial charge in [-0.15, -0.1) is 0 Å². The van der Waals surface area contributed by atoms with Gasteiger partial charge in [0.2, 0.25) is 0 Å². The maximum absolute atomic E-state index is 10.4. The minimum Gasteiger partial charge on any atom is -0.508 e. The Morgan fingerprint density at radius 3 is 1.75 bits per heavy atom. The van der Waals surface area contributed by atoms with Crippen molar-refractivity contribution in [1.82, 2.24) is 0 Å². The predicted molar refractivity (Wildman–Crippen MR) is 127 cm³/mol. The number of para-hydroxylation sites is 2. The zero-order valence-corrected chi connectivity index (χ0v) is 18.2. The number of aromatic hydroxyl groups is 3. The van der Waals surface area contributed by atoms with Crippen LogP contribution in [-0.4, -0.2) is 15.3 Å². The lowest BCUT2D eigenvalue weighted by molar-refractivity contribution is 0.411.